The molecule has 0 saturated carbocycles. The summed E-state index contributed by atoms with van der Waals surface area (Å²) in [6, 6.07) is 23.9. The highest BCUT2D eigenvalue weighted by Crippen LogP contribution is 2.30. The van der Waals surface area contributed by atoms with E-state index in [1.165, 1.54) is 17.7 Å². The summed E-state index contributed by atoms with van der Waals surface area (Å²) in [5.74, 6) is 1.12. The van der Waals surface area contributed by atoms with Crippen molar-refractivity contribution in [1.29, 1.82) is 0 Å². The minimum Gasteiger partial charge on any atom is -0.494 e. The van der Waals surface area contributed by atoms with Gasteiger partial charge < -0.3 is 14.6 Å². The molecular formula is C31H32FN7O2. The Morgan fingerprint density at radius 2 is 1.76 bits per heavy atom. The first-order valence-corrected chi connectivity index (χ1v) is 13.9. The topological polar surface area (TPSA) is 92.2 Å². The average Bonchev–Trinajstić information content (AvgIpc) is 3.46. The Bertz CT molecular complexity index is 1660. The number of aromatic nitrogens is 5. The lowest BCUT2D eigenvalue weighted by molar-refractivity contribution is 0.199. The second kappa shape index (κ2) is 11.9. The van der Waals surface area contributed by atoms with Gasteiger partial charge in [0.1, 0.15) is 17.6 Å². The first-order valence-electron chi connectivity index (χ1n) is 13.9. The van der Waals surface area contributed by atoms with Gasteiger partial charge in [0, 0.05) is 54.9 Å². The van der Waals surface area contributed by atoms with Crippen molar-refractivity contribution in [2.45, 2.75) is 25.9 Å². The quantitative estimate of drug-likeness (QED) is 0.292. The van der Waals surface area contributed by atoms with Gasteiger partial charge in [0.25, 0.3) is 5.56 Å². The summed E-state index contributed by atoms with van der Waals surface area (Å²) >= 11 is 0. The normalized spacial score (nSPS) is 14.8. The zero-order valence-electron chi connectivity index (χ0n) is 22.9. The van der Waals surface area contributed by atoms with Crippen molar-refractivity contribution in [3.63, 3.8) is 0 Å². The van der Waals surface area contributed by atoms with Crippen LogP contribution in [-0.4, -0.2) is 62.9 Å². The molecule has 0 spiro atoms. The molecule has 9 nitrogen and oxygen atoms in total. The number of benzene rings is 3. The summed E-state index contributed by atoms with van der Waals surface area (Å²) in [7, 11) is 0. The first-order chi connectivity index (χ1) is 20.1. The summed E-state index contributed by atoms with van der Waals surface area (Å²) in [4.78, 5) is 21.1. The van der Waals surface area contributed by atoms with Gasteiger partial charge in [-0.05, 0) is 77.9 Å². The maximum Gasteiger partial charge on any atom is 0.253 e. The van der Waals surface area contributed by atoms with Gasteiger partial charge in [-0.3, -0.25) is 9.69 Å². The molecular weight excluding hydrogens is 521 g/mol. The Balaban J connectivity index is 1.35. The third kappa shape index (κ3) is 5.83. The highest BCUT2D eigenvalue weighted by atomic mass is 19.1. The fraction of sp³-hybridized carbons (Fsp3) is 0.290. The van der Waals surface area contributed by atoms with Gasteiger partial charge in [-0.25, -0.2) is 9.07 Å². The number of aromatic amines is 1. The number of fused-ring (bicyclic) bond motifs is 1. The minimum absolute atomic E-state index is 0.176. The van der Waals surface area contributed by atoms with Gasteiger partial charge in [0.15, 0.2) is 5.82 Å². The predicted octanol–water partition coefficient (Wildman–Crippen LogP) is 4.21. The van der Waals surface area contributed by atoms with E-state index >= 15 is 0 Å². The molecule has 41 heavy (non-hydrogen) atoms. The number of piperazine rings is 1. The molecule has 6 rings (SSSR count). The highest BCUT2D eigenvalue weighted by Gasteiger charge is 2.32. The minimum atomic E-state index is -0.458. The SMILES string of the molecule is CCOc1ccc2[nH]c(=O)c([C@H](c3nnnn3CCc3ccccc3)N3CCN(c4ccc(F)cc4)CC3)cc2c1. The zero-order chi connectivity index (χ0) is 28.2. The Morgan fingerprint density at radius 1 is 0.976 bits per heavy atom. The van der Waals surface area contributed by atoms with Crippen molar-refractivity contribution in [1.82, 2.24) is 30.1 Å². The number of nitrogens with zero attached hydrogens (tertiary/aromatic N) is 6. The molecule has 210 valence electrons. The van der Waals surface area contributed by atoms with Gasteiger partial charge >= 0.3 is 0 Å². The van der Waals surface area contributed by atoms with Crippen molar-refractivity contribution >= 4 is 16.6 Å². The third-order valence-corrected chi connectivity index (χ3v) is 7.58. The molecule has 0 unspecified atom stereocenters. The Hall–Kier alpha value is -4.57. The standard InChI is InChI=1S/C31H32FN7O2/c1-2-41-26-12-13-28-23(20-26)21-27(31(40)33-28)29(30-34-35-36-39(30)15-14-22-6-4-3-5-7-22)38-18-16-37(17-19-38)25-10-8-24(32)9-11-25/h3-13,20-21,29H,2,14-19H2,1H3,(H,33,40)/t29-/m1/s1. The lowest BCUT2D eigenvalue weighted by Gasteiger charge is -2.39. The van der Waals surface area contributed by atoms with E-state index in [4.69, 9.17) is 4.74 Å². The van der Waals surface area contributed by atoms with Crippen LogP contribution in [0.3, 0.4) is 0 Å². The van der Waals surface area contributed by atoms with Crippen LogP contribution in [0.5, 0.6) is 5.75 Å². The highest BCUT2D eigenvalue weighted by molar-refractivity contribution is 5.80. The number of halogens is 1. The second-order valence-electron chi connectivity index (χ2n) is 10.1. The maximum absolute atomic E-state index is 13.6. The number of tetrazole rings is 1. The first kappa shape index (κ1) is 26.6. The summed E-state index contributed by atoms with van der Waals surface area (Å²) in [5, 5.41) is 13.7. The molecule has 1 aliphatic rings. The molecule has 2 aromatic heterocycles. The smallest absolute Gasteiger partial charge is 0.253 e. The Morgan fingerprint density at radius 3 is 2.51 bits per heavy atom. The van der Waals surface area contributed by atoms with Gasteiger partial charge in [0.2, 0.25) is 0 Å². The monoisotopic (exact) mass is 553 g/mol. The fourth-order valence-electron chi connectivity index (χ4n) is 5.50. The van der Waals surface area contributed by atoms with Crippen LogP contribution in [0.25, 0.3) is 10.9 Å². The predicted molar refractivity (Wildman–Crippen MR) is 156 cm³/mol. The molecule has 0 amide bonds. The van der Waals surface area contributed by atoms with E-state index in [0.29, 0.717) is 50.7 Å². The molecule has 5 aromatic rings. The largest absolute Gasteiger partial charge is 0.494 e. The molecule has 3 aromatic carbocycles. The number of ether oxygens (including phenoxy) is 1. The molecule has 1 fully saturated rings. The summed E-state index contributed by atoms with van der Waals surface area (Å²) in [5.41, 5.74) is 3.31. The summed E-state index contributed by atoms with van der Waals surface area (Å²) in [6.45, 7) is 5.85. The third-order valence-electron chi connectivity index (χ3n) is 7.58. The molecule has 1 N–H and O–H groups in total. The Kier molecular flexibility index (Phi) is 7.73. The van der Waals surface area contributed by atoms with E-state index in [0.717, 1.165) is 28.8 Å². The second-order valence-corrected chi connectivity index (χ2v) is 10.1. The van der Waals surface area contributed by atoms with E-state index in [9.17, 15) is 9.18 Å². The van der Waals surface area contributed by atoms with Crippen LogP contribution in [0, 0.1) is 5.82 Å². The molecule has 0 radical (unpaired) electrons. The number of aryl methyl sites for hydroxylation is 2. The van der Waals surface area contributed by atoms with Crippen LogP contribution in [0.2, 0.25) is 0 Å². The van der Waals surface area contributed by atoms with Gasteiger partial charge in [-0.1, -0.05) is 30.3 Å². The summed E-state index contributed by atoms with van der Waals surface area (Å²) < 4.78 is 21.0. The number of pyridine rings is 1. The number of H-pyrrole nitrogens is 1. The zero-order valence-corrected chi connectivity index (χ0v) is 22.9. The fourth-order valence-corrected chi connectivity index (χ4v) is 5.50. The van der Waals surface area contributed by atoms with E-state index < -0.39 is 6.04 Å². The number of nitrogens with one attached hydrogen (secondary N) is 1. The van der Waals surface area contributed by atoms with Gasteiger partial charge in [-0.2, -0.15) is 0 Å². The van der Waals surface area contributed by atoms with Crippen molar-refractivity contribution in [2.75, 3.05) is 37.7 Å². The number of anilines is 1. The van der Waals surface area contributed by atoms with Crippen molar-refractivity contribution < 1.29 is 9.13 Å². The lowest BCUT2D eigenvalue weighted by atomic mass is 10.0. The van der Waals surface area contributed by atoms with Crippen LogP contribution < -0.4 is 15.2 Å². The van der Waals surface area contributed by atoms with E-state index in [1.807, 2.05) is 54.1 Å². The van der Waals surface area contributed by atoms with Gasteiger partial charge in [-0.15, -0.1) is 5.10 Å². The molecule has 1 aliphatic heterocycles. The number of hydrogen-bond donors (Lipinski definition) is 1. The molecule has 10 heteroatoms. The molecule has 0 aliphatic carbocycles. The van der Waals surface area contributed by atoms with Crippen molar-refractivity contribution in [2.24, 2.45) is 0 Å². The van der Waals surface area contributed by atoms with E-state index in [2.05, 4.69) is 42.4 Å². The van der Waals surface area contributed by atoms with Crippen molar-refractivity contribution in [3.05, 3.63) is 112 Å². The summed E-state index contributed by atoms with van der Waals surface area (Å²) in [6.07, 6.45) is 0.760. The van der Waals surface area contributed by atoms with E-state index in [1.54, 1.807) is 12.1 Å². The van der Waals surface area contributed by atoms with Crippen LogP contribution in [0.15, 0.2) is 83.7 Å². The van der Waals surface area contributed by atoms with E-state index in [-0.39, 0.29) is 11.4 Å². The average molecular weight is 554 g/mol. The van der Waals surface area contributed by atoms with Gasteiger partial charge in [0.05, 0.1) is 6.61 Å². The lowest BCUT2D eigenvalue weighted by Crippen LogP contribution is -2.49. The van der Waals surface area contributed by atoms with Crippen LogP contribution in [0.1, 0.15) is 29.9 Å². The van der Waals surface area contributed by atoms with Crippen LogP contribution in [-0.2, 0) is 13.0 Å². The molecule has 1 saturated heterocycles. The molecule has 1 atom stereocenters. The number of hydrogen-bond acceptors (Lipinski definition) is 7. The Labute approximate surface area is 237 Å². The molecule has 0 bridgehead atoms. The van der Waals surface area contributed by atoms with Crippen molar-refractivity contribution in [3.8, 4) is 5.75 Å². The molecule has 3 heterocycles. The maximum atomic E-state index is 13.6. The van der Waals surface area contributed by atoms with Crippen LogP contribution >= 0.6 is 0 Å². The van der Waals surface area contributed by atoms with Crippen LogP contribution in [0.4, 0.5) is 10.1 Å². The number of rotatable bonds is 9.